The van der Waals surface area contributed by atoms with Gasteiger partial charge in [0.25, 0.3) is 0 Å². The Morgan fingerprint density at radius 1 is 1.04 bits per heavy atom. The van der Waals surface area contributed by atoms with Crippen molar-refractivity contribution in [3.8, 4) is 0 Å². The number of piperidine rings is 1. The van der Waals surface area contributed by atoms with Crippen LogP contribution in [0, 0.1) is 5.92 Å². The lowest BCUT2D eigenvalue weighted by Crippen LogP contribution is -2.39. The molecule has 1 aliphatic heterocycles. The van der Waals surface area contributed by atoms with E-state index in [1.54, 1.807) is 28.6 Å². The lowest BCUT2D eigenvalue weighted by atomic mass is 9.91. The average Bonchev–Trinajstić information content (AvgIpc) is 3.05. The number of sulfonamides is 1. The second-order valence-corrected chi connectivity index (χ2v) is 9.16. The number of benzene rings is 2. The summed E-state index contributed by atoms with van der Waals surface area (Å²) in [7, 11) is -3.52. The molecule has 0 radical (unpaired) electrons. The maximum absolute atomic E-state index is 12.8. The molecule has 6 heteroatoms. The number of aromatic amines is 1. The zero-order valence-corrected chi connectivity index (χ0v) is 15.9. The topological polar surface area (TPSA) is 53.2 Å². The van der Waals surface area contributed by atoms with E-state index < -0.39 is 10.0 Å². The third kappa shape index (κ3) is 3.27. The van der Waals surface area contributed by atoms with Crippen LogP contribution in [-0.4, -0.2) is 30.8 Å². The number of rotatable bonds is 4. The maximum atomic E-state index is 12.8. The summed E-state index contributed by atoms with van der Waals surface area (Å²) >= 11 is 6.10. The van der Waals surface area contributed by atoms with Gasteiger partial charge in [-0.15, -0.1) is 0 Å². The van der Waals surface area contributed by atoms with E-state index in [1.807, 2.05) is 6.07 Å². The minimum absolute atomic E-state index is 0.205. The molecular weight excluding hydrogens is 368 g/mol. The van der Waals surface area contributed by atoms with Crippen molar-refractivity contribution in [2.45, 2.75) is 24.2 Å². The molecule has 1 saturated heterocycles. The van der Waals surface area contributed by atoms with Crippen LogP contribution in [0.4, 0.5) is 0 Å². The van der Waals surface area contributed by atoms with Gasteiger partial charge in [-0.25, -0.2) is 8.42 Å². The number of aromatic nitrogens is 1. The monoisotopic (exact) mass is 388 g/mol. The van der Waals surface area contributed by atoms with Crippen LogP contribution in [0.3, 0.4) is 0 Å². The summed E-state index contributed by atoms with van der Waals surface area (Å²) < 4.78 is 27.3. The van der Waals surface area contributed by atoms with Crippen molar-refractivity contribution in [3.05, 3.63) is 65.3 Å². The first-order valence-corrected chi connectivity index (χ1v) is 10.7. The smallest absolute Gasteiger partial charge is 0.244 e. The first-order chi connectivity index (χ1) is 12.6. The fourth-order valence-corrected chi connectivity index (χ4v) is 5.72. The second-order valence-electron chi connectivity index (χ2n) is 6.84. The van der Waals surface area contributed by atoms with E-state index in [0.29, 0.717) is 19.0 Å². The lowest BCUT2D eigenvalue weighted by Gasteiger charge is -2.31. The number of H-pyrrole nitrogens is 1. The van der Waals surface area contributed by atoms with Gasteiger partial charge in [-0.3, -0.25) is 0 Å². The highest BCUT2D eigenvalue weighted by molar-refractivity contribution is 7.89. The normalized spacial score (nSPS) is 17.0. The standard InChI is InChI=1S/C20H21ClN2O2S/c21-18-6-2-4-8-20(18)26(24,25)23-11-9-15(10-12-23)13-16-14-22-19-7-3-1-5-17(16)19/h1-8,14-15,22H,9-13H2. The summed E-state index contributed by atoms with van der Waals surface area (Å²) in [6.07, 6.45) is 4.79. The number of hydrogen-bond donors (Lipinski definition) is 1. The Bertz CT molecular complexity index is 1020. The number of nitrogens with one attached hydrogen (secondary N) is 1. The molecule has 0 unspecified atom stereocenters. The maximum Gasteiger partial charge on any atom is 0.244 e. The molecule has 1 N–H and O–H groups in total. The highest BCUT2D eigenvalue weighted by Gasteiger charge is 2.30. The van der Waals surface area contributed by atoms with Crippen molar-refractivity contribution in [2.75, 3.05) is 13.1 Å². The highest BCUT2D eigenvalue weighted by atomic mass is 35.5. The van der Waals surface area contributed by atoms with Crippen LogP contribution >= 0.6 is 11.6 Å². The minimum atomic E-state index is -3.52. The minimum Gasteiger partial charge on any atom is -0.361 e. The molecule has 2 aromatic carbocycles. The summed E-state index contributed by atoms with van der Waals surface area (Å²) in [4.78, 5) is 3.52. The van der Waals surface area contributed by atoms with E-state index in [-0.39, 0.29) is 9.92 Å². The molecular formula is C20H21ClN2O2S. The van der Waals surface area contributed by atoms with Gasteiger partial charge >= 0.3 is 0 Å². The molecule has 2 heterocycles. The van der Waals surface area contributed by atoms with E-state index in [0.717, 1.165) is 24.8 Å². The number of nitrogens with zero attached hydrogens (tertiary/aromatic N) is 1. The summed E-state index contributed by atoms with van der Waals surface area (Å²) in [6.45, 7) is 1.08. The fraction of sp³-hybridized carbons (Fsp3) is 0.300. The number of hydrogen-bond acceptors (Lipinski definition) is 2. The van der Waals surface area contributed by atoms with Crippen molar-refractivity contribution >= 4 is 32.5 Å². The molecule has 0 atom stereocenters. The molecule has 1 fully saturated rings. The summed E-state index contributed by atoms with van der Waals surface area (Å²) in [5.74, 6) is 0.493. The van der Waals surface area contributed by atoms with Crippen molar-refractivity contribution in [3.63, 3.8) is 0 Å². The SMILES string of the molecule is O=S(=O)(c1ccccc1Cl)N1CCC(Cc2c[nH]c3ccccc23)CC1. The van der Waals surface area contributed by atoms with E-state index in [4.69, 9.17) is 11.6 Å². The molecule has 1 aliphatic rings. The Labute approximate surface area is 158 Å². The van der Waals surface area contributed by atoms with Crippen molar-refractivity contribution in [2.24, 2.45) is 5.92 Å². The second kappa shape index (κ2) is 7.06. The van der Waals surface area contributed by atoms with Crippen LogP contribution in [0.1, 0.15) is 18.4 Å². The van der Waals surface area contributed by atoms with Crippen molar-refractivity contribution in [1.29, 1.82) is 0 Å². The van der Waals surface area contributed by atoms with Gasteiger partial charge in [0.1, 0.15) is 4.90 Å². The quantitative estimate of drug-likeness (QED) is 0.717. The third-order valence-electron chi connectivity index (χ3n) is 5.21. The molecule has 1 aromatic heterocycles. The van der Waals surface area contributed by atoms with Gasteiger partial charge in [-0.2, -0.15) is 4.31 Å². The first-order valence-electron chi connectivity index (χ1n) is 8.85. The van der Waals surface area contributed by atoms with Crippen LogP contribution < -0.4 is 0 Å². The van der Waals surface area contributed by atoms with Gasteiger partial charge in [-0.1, -0.05) is 41.9 Å². The van der Waals surface area contributed by atoms with Gasteiger partial charge in [-0.05, 0) is 48.9 Å². The molecule has 0 bridgehead atoms. The summed E-state index contributed by atoms with van der Waals surface area (Å²) in [5, 5.41) is 1.55. The van der Waals surface area contributed by atoms with E-state index in [9.17, 15) is 8.42 Å². The molecule has 0 spiro atoms. The van der Waals surface area contributed by atoms with Crippen LogP contribution in [0.15, 0.2) is 59.6 Å². The number of fused-ring (bicyclic) bond motifs is 1. The molecule has 26 heavy (non-hydrogen) atoms. The van der Waals surface area contributed by atoms with Crippen LogP contribution in [0.25, 0.3) is 10.9 Å². The predicted molar refractivity (Wildman–Crippen MR) is 105 cm³/mol. The third-order valence-corrected chi connectivity index (χ3v) is 7.61. The zero-order valence-electron chi connectivity index (χ0n) is 14.4. The Morgan fingerprint density at radius 3 is 2.50 bits per heavy atom. The Morgan fingerprint density at radius 2 is 1.73 bits per heavy atom. The lowest BCUT2D eigenvalue weighted by molar-refractivity contribution is 0.273. The largest absolute Gasteiger partial charge is 0.361 e. The van der Waals surface area contributed by atoms with Crippen LogP contribution in [0.2, 0.25) is 5.02 Å². The molecule has 0 saturated carbocycles. The first kappa shape index (κ1) is 17.6. The van der Waals surface area contributed by atoms with Crippen LogP contribution in [0.5, 0.6) is 0 Å². The Hall–Kier alpha value is -1.82. The molecule has 0 aliphatic carbocycles. The zero-order chi connectivity index (χ0) is 18.1. The summed E-state index contributed by atoms with van der Waals surface area (Å²) in [5.41, 5.74) is 2.47. The van der Waals surface area contributed by atoms with Gasteiger partial charge in [0, 0.05) is 30.2 Å². The van der Waals surface area contributed by atoms with E-state index >= 15 is 0 Å². The van der Waals surface area contributed by atoms with Gasteiger partial charge < -0.3 is 4.98 Å². The predicted octanol–water partition coefficient (Wildman–Crippen LogP) is 4.46. The van der Waals surface area contributed by atoms with Crippen molar-refractivity contribution in [1.82, 2.24) is 9.29 Å². The molecule has 3 aromatic rings. The average molecular weight is 389 g/mol. The van der Waals surface area contributed by atoms with Gasteiger partial charge in [0.2, 0.25) is 10.0 Å². The van der Waals surface area contributed by atoms with E-state index in [1.165, 1.54) is 10.9 Å². The van der Waals surface area contributed by atoms with Gasteiger partial charge in [0.05, 0.1) is 5.02 Å². The highest BCUT2D eigenvalue weighted by Crippen LogP contribution is 2.30. The summed E-state index contributed by atoms with van der Waals surface area (Å²) in [6, 6.07) is 15.0. The number of para-hydroxylation sites is 1. The fourth-order valence-electron chi connectivity index (χ4n) is 3.76. The van der Waals surface area contributed by atoms with E-state index in [2.05, 4.69) is 29.4 Å². The molecule has 0 amide bonds. The van der Waals surface area contributed by atoms with Crippen LogP contribution in [-0.2, 0) is 16.4 Å². The Balaban J connectivity index is 1.45. The Kier molecular flexibility index (Phi) is 4.78. The molecule has 4 nitrogen and oxygen atoms in total. The number of halogens is 1. The molecule has 136 valence electrons. The van der Waals surface area contributed by atoms with Crippen molar-refractivity contribution < 1.29 is 8.42 Å². The van der Waals surface area contributed by atoms with Gasteiger partial charge in [0.15, 0.2) is 0 Å². The molecule has 4 rings (SSSR count).